The van der Waals surface area contributed by atoms with Crippen molar-refractivity contribution >= 4 is 26.6 Å². The van der Waals surface area contributed by atoms with Gasteiger partial charge in [-0.3, -0.25) is 9.40 Å². The van der Waals surface area contributed by atoms with E-state index in [4.69, 9.17) is 0 Å². The molecule has 3 rings (SSSR count). The quantitative estimate of drug-likeness (QED) is 0.750. The van der Waals surface area contributed by atoms with Crippen LogP contribution in [-0.4, -0.2) is 25.2 Å². The molecule has 0 aliphatic heterocycles. The van der Waals surface area contributed by atoms with E-state index in [1.165, 1.54) is 22.5 Å². The Morgan fingerprint density at radius 1 is 1.24 bits per heavy atom. The molecule has 2 aromatic carbocycles. The Labute approximate surface area is 146 Å². The zero-order chi connectivity index (χ0) is 18.2. The lowest BCUT2D eigenvalue weighted by Crippen LogP contribution is -2.35. The summed E-state index contributed by atoms with van der Waals surface area (Å²) in [5.41, 5.74) is 1.44. The highest BCUT2D eigenvalue weighted by Crippen LogP contribution is 2.30. The number of hydrogen-bond acceptors (Lipinski definition) is 3. The Morgan fingerprint density at radius 3 is 2.72 bits per heavy atom. The van der Waals surface area contributed by atoms with Gasteiger partial charge in [-0.1, -0.05) is 19.9 Å². The number of fused-ring (bicyclic) bond motifs is 1. The largest absolute Gasteiger partial charge is 0.278 e. The smallest absolute Gasteiger partial charge is 0.264 e. The number of nitrogens with one attached hydrogen (secondary N) is 1. The van der Waals surface area contributed by atoms with Crippen LogP contribution in [0.4, 0.5) is 10.1 Å². The molecule has 3 aromatic rings. The molecular formula is C18H20FN3O2S. The number of hydrogen-bond donors (Lipinski definition) is 1. The van der Waals surface area contributed by atoms with Gasteiger partial charge >= 0.3 is 0 Å². The second-order valence-corrected chi connectivity index (χ2v) is 8.30. The van der Waals surface area contributed by atoms with Gasteiger partial charge in [-0.05, 0) is 43.2 Å². The second kappa shape index (κ2) is 6.48. The molecule has 25 heavy (non-hydrogen) atoms. The molecule has 0 spiro atoms. The van der Waals surface area contributed by atoms with E-state index in [1.807, 2.05) is 13.8 Å². The van der Waals surface area contributed by atoms with Crippen LogP contribution in [0.1, 0.15) is 19.4 Å². The molecule has 0 aliphatic carbocycles. The highest BCUT2D eigenvalue weighted by Gasteiger charge is 2.27. The first-order chi connectivity index (χ1) is 11.8. The zero-order valence-electron chi connectivity index (χ0n) is 14.3. The third-order valence-electron chi connectivity index (χ3n) is 4.04. The summed E-state index contributed by atoms with van der Waals surface area (Å²) < 4.78 is 41.8. The van der Waals surface area contributed by atoms with Gasteiger partial charge < -0.3 is 0 Å². The molecule has 0 radical (unpaired) electrons. The minimum absolute atomic E-state index is 0.0788. The van der Waals surface area contributed by atoms with Gasteiger partial charge in [0.25, 0.3) is 10.0 Å². The summed E-state index contributed by atoms with van der Waals surface area (Å²) in [5, 5.41) is 7.43. The van der Waals surface area contributed by atoms with Crippen molar-refractivity contribution in [3.63, 3.8) is 0 Å². The summed E-state index contributed by atoms with van der Waals surface area (Å²) in [7, 11) is -3.83. The normalized spacial score (nSPS) is 12.0. The maximum atomic E-state index is 14.0. The molecule has 132 valence electrons. The van der Waals surface area contributed by atoms with Crippen LogP contribution < -0.4 is 4.31 Å². The zero-order valence-corrected chi connectivity index (χ0v) is 15.1. The predicted molar refractivity (Wildman–Crippen MR) is 96.6 cm³/mol. The fourth-order valence-corrected chi connectivity index (χ4v) is 4.45. The molecule has 1 N–H and O–H groups in total. The molecule has 0 unspecified atom stereocenters. The third-order valence-corrected chi connectivity index (χ3v) is 5.81. The summed E-state index contributed by atoms with van der Waals surface area (Å²) in [6.45, 7) is 5.70. The number of benzene rings is 2. The van der Waals surface area contributed by atoms with Crippen molar-refractivity contribution in [1.82, 2.24) is 10.2 Å². The van der Waals surface area contributed by atoms with Crippen molar-refractivity contribution in [2.45, 2.75) is 25.7 Å². The number of anilines is 1. The SMILES string of the molecule is Cc1c(F)cccc1N(CC(C)C)S(=O)(=O)c1ccc2[nH]ncc2c1. The van der Waals surface area contributed by atoms with Crippen LogP contribution in [0, 0.1) is 18.7 Å². The van der Waals surface area contributed by atoms with Crippen molar-refractivity contribution in [3.05, 3.63) is 54.0 Å². The summed E-state index contributed by atoms with van der Waals surface area (Å²) in [6.07, 6.45) is 1.58. The Hall–Kier alpha value is -2.41. The molecule has 0 fully saturated rings. The van der Waals surface area contributed by atoms with E-state index in [2.05, 4.69) is 10.2 Å². The Kier molecular flexibility index (Phi) is 4.51. The molecule has 1 heterocycles. The fraction of sp³-hybridized carbons (Fsp3) is 0.278. The Morgan fingerprint density at radius 2 is 2.00 bits per heavy atom. The lowest BCUT2D eigenvalue weighted by molar-refractivity contribution is 0.576. The van der Waals surface area contributed by atoms with Gasteiger partial charge in [0.1, 0.15) is 5.82 Å². The molecular weight excluding hydrogens is 341 g/mol. The Balaban J connectivity index is 2.15. The van der Waals surface area contributed by atoms with Crippen LogP contribution >= 0.6 is 0 Å². The molecule has 5 nitrogen and oxygen atoms in total. The molecule has 1 aromatic heterocycles. The molecule has 0 bridgehead atoms. The van der Waals surface area contributed by atoms with Crippen LogP contribution in [0.15, 0.2) is 47.5 Å². The summed E-state index contributed by atoms with van der Waals surface area (Å²) >= 11 is 0. The molecule has 0 aliphatic rings. The fourth-order valence-electron chi connectivity index (χ4n) is 2.73. The predicted octanol–water partition coefficient (Wildman–Crippen LogP) is 3.86. The topological polar surface area (TPSA) is 66.1 Å². The number of H-pyrrole nitrogens is 1. The number of aromatic nitrogens is 2. The lowest BCUT2D eigenvalue weighted by atomic mass is 10.1. The van der Waals surface area contributed by atoms with Gasteiger partial charge in [0, 0.05) is 17.5 Å². The van der Waals surface area contributed by atoms with Crippen LogP contribution in [0.2, 0.25) is 0 Å². The van der Waals surface area contributed by atoms with Gasteiger partial charge in [0.2, 0.25) is 0 Å². The average Bonchev–Trinajstić information content (AvgIpc) is 3.03. The van der Waals surface area contributed by atoms with Crippen molar-refractivity contribution in [2.75, 3.05) is 10.8 Å². The van der Waals surface area contributed by atoms with Gasteiger partial charge in [-0.25, -0.2) is 12.8 Å². The molecule has 0 amide bonds. The van der Waals surface area contributed by atoms with Crippen molar-refractivity contribution in [2.24, 2.45) is 5.92 Å². The third kappa shape index (κ3) is 3.24. The van der Waals surface area contributed by atoms with Crippen LogP contribution in [-0.2, 0) is 10.0 Å². The van der Waals surface area contributed by atoms with E-state index >= 15 is 0 Å². The van der Waals surface area contributed by atoms with E-state index in [9.17, 15) is 12.8 Å². The molecule has 0 saturated carbocycles. The van der Waals surface area contributed by atoms with E-state index in [-0.39, 0.29) is 17.4 Å². The van der Waals surface area contributed by atoms with E-state index in [0.717, 1.165) is 5.52 Å². The van der Waals surface area contributed by atoms with E-state index < -0.39 is 15.8 Å². The molecule has 7 heteroatoms. The highest BCUT2D eigenvalue weighted by molar-refractivity contribution is 7.92. The average molecular weight is 361 g/mol. The van der Waals surface area contributed by atoms with Crippen LogP contribution in [0.3, 0.4) is 0 Å². The van der Waals surface area contributed by atoms with Crippen LogP contribution in [0.5, 0.6) is 0 Å². The van der Waals surface area contributed by atoms with Crippen molar-refractivity contribution < 1.29 is 12.8 Å². The summed E-state index contributed by atoms with van der Waals surface area (Å²) in [6, 6.07) is 9.29. The lowest BCUT2D eigenvalue weighted by Gasteiger charge is -2.27. The first kappa shape index (κ1) is 17.4. The van der Waals surface area contributed by atoms with Gasteiger partial charge in [0.15, 0.2) is 0 Å². The number of nitrogens with zero attached hydrogens (tertiary/aromatic N) is 2. The number of rotatable bonds is 5. The summed E-state index contributed by atoms with van der Waals surface area (Å²) in [4.78, 5) is 0.158. The van der Waals surface area contributed by atoms with Crippen molar-refractivity contribution in [1.29, 1.82) is 0 Å². The number of sulfonamides is 1. The number of halogens is 1. The van der Waals surface area contributed by atoms with Gasteiger partial charge in [0.05, 0.1) is 22.3 Å². The first-order valence-corrected chi connectivity index (χ1v) is 9.45. The first-order valence-electron chi connectivity index (χ1n) is 8.01. The second-order valence-electron chi connectivity index (χ2n) is 6.43. The highest BCUT2D eigenvalue weighted by atomic mass is 32.2. The maximum Gasteiger partial charge on any atom is 0.264 e. The van der Waals surface area contributed by atoms with Gasteiger partial charge in [-0.15, -0.1) is 0 Å². The minimum atomic E-state index is -3.83. The van der Waals surface area contributed by atoms with Crippen molar-refractivity contribution in [3.8, 4) is 0 Å². The molecule has 0 saturated heterocycles. The minimum Gasteiger partial charge on any atom is -0.278 e. The Bertz CT molecular complexity index is 1010. The number of aromatic amines is 1. The standard InChI is InChI=1S/C18H20FN3O2S/c1-12(2)11-22(18-6-4-5-16(19)13(18)3)25(23,24)15-7-8-17-14(9-15)10-20-21-17/h4-10,12H,11H2,1-3H3,(H,20,21). The van der Waals surface area contributed by atoms with Crippen LogP contribution in [0.25, 0.3) is 10.9 Å². The maximum absolute atomic E-state index is 14.0. The van der Waals surface area contributed by atoms with E-state index in [1.54, 1.807) is 31.3 Å². The van der Waals surface area contributed by atoms with Gasteiger partial charge in [-0.2, -0.15) is 5.10 Å². The molecule has 0 atom stereocenters. The van der Waals surface area contributed by atoms with E-state index in [0.29, 0.717) is 16.6 Å². The monoisotopic (exact) mass is 361 g/mol. The summed E-state index contributed by atoms with van der Waals surface area (Å²) in [5.74, 6) is -0.346.